The van der Waals surface area contributed by atoms with Crippen LogP contribution in [0.4, 0.5) is 5.69 Å². The first-order valence-corrected chi connectivity index (χ1v) is 5.99. The highest BCUT2D eigenvalue weighted by atomic mass is 35.5. The zero-order chi connectivity index (χ0) is 13.7. The molecule has 0 saturated heterocycles. The summed E-state index contributed by atoms with van der Waals surface area (Å²) in [5.74, 6) is -0.441. The number of hydrogen-bond donors (Lipinski definition) is 1. The number of rotatable bonds is 5. The van der Waals surface area contributed by atoms with Gasteiger partial charge in [0.1, 0.15) is 11.1 Å². The molecule has 0 aromatic carbocycles. The van der Waals surface area contributed by atoms with Gasteiger partial charge in [0.2, 0.25) is 0 Å². The maximum atomic E-state index is 11.8. The van der Waals surface area contributed by atoms with Crippen LogP contribution in [0, 0.1) is 0 Å². The molecule has 1 aromatic heterocycles. The van der Waals surface area contributed by atoms with Crippen molar-refractivity contribution >= 4 is 23.3 Å². The Bertz CT molecular complexity index is 487. The van der Waals surface area contributed by atoms with E-state index in [1.807, 2.05) is 6.92 Å². The molecule has 0 bridgehead atoms. The van der Waals surface area contributed by atoms with Gasteiger partial charge in [-0.1, -0.05) is 18.5 Å². The fourth-order valence-electron chi connectivity index (χ4n) is 1.41. The fraction of sp³-hybridized carbons (Fsp3) is 0.545. The maximum absolute atomic E-state index is 11.8. The number of halogens is 1. The minimum absolute atomic E-state index is 0.0224. The Labute approximate surface area is 110 Å². The molecule has 0 amide bonds. The van der Waals surface area contributed by atoms with E-state index in [9.17, 15) is 9.59 Å². The van der Waals surface area contributed by atoms with Gasteiger partial charge in [-0.2, -0.15) is 5.10 Å². The number of nitrogens with one attached hydrogen (secondary N) is 1. The molecule has 7 heteroatoms. The highest BCUT2D eigenvalue weighted by Gasteiger charge is 2.16. The Balaban J connectivity index is 2.95. The van der Waals surface area contributed by atoms with Crippen LogP contribution in [0.2, 0.25) is 5.02 Å². The summed E-state index contributed by atoms with van der Waals surface area (Å²) in [6.45, 7) is 4.05. The van der Waals surface area contributed by atoms with Gasteiger partial charge in [0, 0.05) is 6.54 Å². The third-order valence-electron chi connectivity index (χ3n) is 2.35. The van der Waals surface area contributed by atoms with Crippen molar-refractivity contribution in [2.24, 2.45) is 0 Å². The molecule has 1 heterocycles. The van der Waals surface area contributed by atoms with Crippen molar-refractivity contribution in [2.75, 3.05) is 12.4 Å². The first-order chi connectivity index (χ1) is 8.51. The average molecular weight is 274 g/mol. The lowest BCUT2D eigenvalue weighted by atomic mass is 10.3. The third-order valence-corrected chi connectivity index (χ3v) is 2.71. The second kappa shape index (κ2) is 6.39. The third kappa shape index (κ3) is 3.22. The van der Waals surface area contributed by atoms with E-state index in [0.717, 1.165) is 6.42 Å². The summed E-state index contributed by atoms with van der Waals surface area (Å²) in [6.07, 6.45) is 2.22. The maximum Gasteiger partial charge on any atom is 0.327 e. The van der Waals surface area contributed by atoms with E-state index in [0.29, 0.717) is 12.2 Å². The highest BCUT2D eigenvalue weighted by Crippen LogP contribution is 2.16. The lowest BCUT2D eigenvalue weighted by Crippen LogP contribution is -2.30. The quantitative estimate of drug-likeness (QED) is 0.818. The molecular formula is C11H16ClN3O3. The van der Waals surface area contributed by atoms with Crippen LogP contribution in [0.5, 0.6) is 0 Å². The molecule has 1 unspecified atom stereocenters. The second-order valence-corrected chi connectivity index (χ2v) is 4.17. The number of anilines is 1. The Morgan fingerprint density at radius 3 is 2.89 bits per heavy atom. The van der Waals surface area contributed by atoms with Crippen molar-refractivity contribution in [3.63, 3.8) is 0 Å². The molecule has 1 atom stereocenters. The van der Waals surface area contributed by atoms with E-state index in [1.54, 1.807) is 6.92 Å². The lowest BCUT2D eigenvalue weighted by molar-refractivity contribution is -0.141. The van der Waals surface area contributed by atoms with Crippen LogP contribution in [-0.4, -0.2) is 28.9 Å². The second-order valence-electron chi connectivity index (χ2n) is 3.79. The van der Waals surface area contributed by atoms with E-state index >= 15 is 0 Å². The Morgan fingerprint density at radius 2 is 2.33 bits per heavy atom. The molecule has 100 valence electrons. The monoisotopic (exact) mass is 273 g/mol. The molecule has 0 fully saturated rings. The van der Waals surface area contributed by atoms with Gasteiger partial charge < -0.3 is 10.1 Å². The topological polar surface area (TPSA) is 73.2 Å². The van der Waals surface area contributed by atoms with Gasteiger partial charge >= 0.3 is 5.97 Å². The van der Waals surface area contributed by atoms with Gasteiger partial charge in [-0.3, -0.25) is 4.79 Å². The number of methoxy groups -OCH3 is 1. The van der Waals surface area contributed by atoms with E-state index in [2.05, 4.69) is 15.2 Å². The smallest absolute Gasteiger partial charge is 0.327 e. The Kier molecular flexibility index (Phi) is 5.15. The van der Waals surface area contributed by atoms with E-state index in [4.69, 9.17) is 11.6 Å². The molecule has 0 aliphatic rings. The molecule has 0 spiro atoms. The number of carbonyl (C=O) groups is 1. The van der Waals surface area contributed by atoms with Crippen LogP contribution in [0.15, 0.2) is 11.0 Å². The van der Waals surface area contributed by atoms with E-state index in [-0.39, 0.29) is 10.6 Å². The van der Waals surface area contributed by atoms with Crippen molar-refractivity contribution in [3.8, 4) is 0 Å². The molecule has 0 aliphatic heterocycles. The molecule has 6 nitrogen and oxygen atoms in total. The van der Waals surface area contributed by atoms with Crippen molar-refractivity contribution in [2.45, 2.75) is 32.9 Å². The van der Waals surface area contributed by atoms with E-state index in [1.165, 1.54) is 18.0 Å². The molecule has 1 aromatic rings. The molecule has 0 aliphatic carbocycles. The minimum Gasteiger partial charge on any atom is -0.467 e. The van der Waals surface area contributed by atoms with Gasteiger partial charge in [-0.05, 0) is 13.3 Å². The standard InChI is InChI=1S/C11H16ClN3O3/c1-4-5-15-10(16)9(12)8(6-13-15)14-7(2)11(17)18-3/h6-7,14H,4-5H2,1-3H3. The molecule has 0 saturated carbocycles. The van der Waals surface area contributed by atoms with Crippen LogP contribution in [0.1, 0.15) is 20.3 Å². The van der Waals surface area contributed by atoms with Gasteiger partial charge in [0.05, 0.1) is 19.0 Å². The average Bonchev–Trinajstić information content (AvgIpc) is 2.37. The van der Waals surface area contributed by atoms with E-state index < -0.39 is 12.0 Å². The normalized spacial score (nSPS) is 12.0. The zero-order valence-corrected chi connectivity index (χ0v) is 11.3. The summed E-state index contributed by atoms with van der Waals surface area (Å²) in [4.78, 5) is 23.1. The zero-order valence-electron chi connectivity index (χ0n) is 10.6. The number of hydrogen-bond acceptors (Lipinski definition) is 5. The van der Waals surface area contributed by atoms with Crippen LogP contribution >= 0.6 is 11.6 Å². The van der Waals surface area contributed by atoms with Gasteiger partial charge in [-0.15, -0.1) is 0 Å². The summed E-state index contributed by atoms with van der Waals surface area (Å²) in [7, 11) is 1.29. The van der Waals surface area contributed by atoms with Crippen LogP contribution in [-0.2, 0) is 16.1 Å². The van der Waals surface area contributed by atoms with Crippen molar-refractivity contribution in [1.29, 1.82) is 0 Å². The lowest BCUT2D eigenvalue weighted by Gasteiger charge is -2.14. The Hall–Kier alpha value is -1.56. The summed E-state index contributed by atoms with van der Waals surface area (Å²) < 4.78 is 5.86. The highest BCUT2D eigenvalue weighted by molar-refractivity contribution is 6.33. The number of carbonyl (C=O) groups excluding carboxylic acids is 1. The molecule has 18 heavy (non-hydrogen) atoms. The van der Waals surface area contributed by atoms with Crippen LogP contribution in [0.25, 0.3) is 0 Å². The van der Waals surface area contributed by atoms with Crippen molar-refractivity contribution < 1.29 is 9.53 Å². The van der Waals surface area contributed by atoms with Crippen molar-refractivity contribution in [3.05, 3.63) is 21.6 Å². The number of ether oxygens (including phenoxy) is 1. The predicted molar refractivity (Wildman–Crippen MR) is 68.9 cm³/mol. The Morgan fingerprint density at radius 1 is 1.67 bits per heavy atom. The van der Waals surface area contributed by atoms with Crippen LogP contribution < -0.4 is 10.9 Å². The number of aromatic nitrogens is 2. The SMILES string of the molecule is CCCn1ncc(NC(C)C(=O)OC)c(Cl)c1=O. The van der Waals surface area contributed by atoms with Gasteiger partial charge in [0.25, 0.3) is 5.56 Å². The fourth-order valence-corrected chi connectivity index (χ4v) is 1.61. The summed E-state index contributed by atoms with van der Waals surface area (Å²) in [6, 6.07) is -0.601. The summed E-state index contributed by atoms with van der Waals surface area (Å²) in [5.41, 5.74) is -0.0486. The number of nitrogens with zero attached hydrogens (tertiary/aromatic N) is 2. The van der Waals surface area contributed by atoms with Crippen LogP contribution in [0.3, 0.4) is 0 Å². The summed E-state index contributed by atoms with van der Waals surface area (Å²) in [5, 5.41) is 6.78. The first-order valence-electron chi connectivity index (χ1n) is 5.61. The molecule has 1 rings (SSSR count). The minimum atomic E-state index is -0.601. The van der Waals surface area contributed by atoms with Gasteiger partial charge in [-0.25, -0.2) is 9.48 Å². The summed E-state index contributed by atoms with van der Waals surface area (Å²) >= 11 is 5.94. The predicted octanol–water partition coefficient (Wildman–Crippen LogP) is 1.28. The number of esters is 1. The first kappa shape index (κ1) is 14.5. The van der Waals surface area contributed by atoms with Crippen molar-refractivity contribution in [1.82, 2.24) is 9.78 Å². The van der Waals surface area contributed by atoms with Gasteiger partial charge in [0.15, 0.2) is 0 Å². The number of aryl methyl sites for hydroxylation is 1. The molecular weight excluding hydrogens is 258 g/mol. The molecule has 0 radical (unpaired) electrons. The molecule has 1 N–H and O–H groups in total. The largest absolute Gasteiger partial charge is 0.467 e.